The number of hydrogen-bond acceptors (Lipinski definition) is 0. The fraction of sp³-hybridized carbons (Fsp3) is 0.100. The lowest BCUT2D eigenvalue weighted by molar-refractivity contribution is -0.0796. The highest BCUT2D eigenvalue weighted by molar-refractivity contribution is 5.48. The van der Waals surface area contributed by atoms with Crippen LogP contribution in [-0.4, -0.2) is 6.18 Å². The monoisotopic (exact) mass is 184 g/mol. The van der Waals surface area contributed by atoms with Crippen LogP contribution in [0, 0.1) is 0 Å². The molecule has 0 fully saturated rings. The number of alkyl halides is 3. The molecule has 0 saturated carbocycles. The topological polar surface area (TPSA) is 0 Å². The van der Waals surface area contributed by atoms with Crippen LogP contribution in [-0.2, 0) is 0 Å². The van der Waals surface area contributed by atoms with Crippen LogP contribution in [0.25, 0.3) is 6.08 Å². The number of benzene rings is 1. The van der Waals surface area contributed by atoms with Crippen molar-refractivity contribution in [1.29, 1.82) is 0 Å². The van der Waals surface area contributed by atoms with E-state index < -0.39 is 6.18 Å². The molecule has 3 heteroatoms. The van der Waals surface area contributed by atoms with E-state index in [1.54, 1.807) is 30.3 Å². The molecule has 0 aliphatic carbocycles. The molecule has 0 nitrogen and oxygen atoms in total. The maximum Gasteiger partial charge on any atom is 0.416 e. The van der Waals surface area contributed by atoms with Crippen LogP contribution in [0.2, 0.25) is 0 Å². The lowest BCUT2D eigenvalue weighted by Gasteiger charge is -1.93. The molecule has 0 saturated heterocycles. The van der Waals surface area contributed by atoms with E-state index in [-0.39, 0.29) is 6.08 Å². The van der Waals surface area contributed by atoms with E-state index in [1.165, 1.54) is 6.08 Å². The molecule has 0 spiro atoms. The van der Waals surface area contributed by atoms with E-state index in [2.05, 4.69) is 5.73 Å². The first-order chi connectivity index (χ1) is 6.08. The molecule has 1 rings (SSSR count). The molecule has 0 radical (unpaired) electrons. The highest BCUT2D eigenvalue weighted by atomic mass is 19.4. The largest absolute Gasteiger partial charge is 0.416 e. The predicted octanol–water partition coefficient (Wildman–Crippen LogP) is 3.42. The summed E-state index contributed by atoms with van der Waals surface area (Å²) in [5.74, 6) is 0. The minimum Gasteiger partial charge on any atom is -0.166 e. The summed E-state index contributed by atoms with van der Waals surface area (Å²) in [6, 6.07) is 8.71. The fourth-order valence-corrected chi connectivity index (χ4v) is 0.782. The van der Waals surface area contributed by atoms with E-state index in [4.69, 9.17) is 0 Å². The third kappa shape index (κ3) is 4.19. The number of allylic oxidation sites excluding steroid dienone is 1. The minimum absolute atomic E-state index is 0.0833. The van der Waals surface area contributed by atoms with E-state index in [0.29, 0.717) is 5.56 Å². The van der Waals surface area contributed by atoms with Gasteiger partial charge in [0.05, 0.1) is 6.08 Å². The predicted molar refractivity (Wildman–Crippen MR) is 45.0 cm³/mol. The lowest BCUT2D eigenvalue weighted by Crippen LogP contribution is -1.99. The van der Waals surface area contributed by atoms with Gasteiger partial charge < -0.3 is 0 Å². The second-order valence-corrected chi connectivity index (χ2v) is 2.41. The van der Waals surface area contributed by atoms with Gasteiger partial charge in [0, 0.05) is 0 Å². The first-order valence-electron chi connectivity index (χ1n) is 3.63. The molecule has 0 bridgehead atoms. The Hall–Kier alpha value is -1.47. The molecule has 13 heavy (non-hydrogen) atoms. The zero-order valence-corrected chi connectivity index (χ0v) is 6.68. The summed E-state index contributed by atoms with van der Waals surface area (Å²) in [4.78, 5) is 0. The molecule has 1 aromatic rings. The van der Waals surface area contributed by atoms with Gasteiger partial charge in [0.25, 0.3) is 0 Å². The van der Waals surface area contributed by atoms with E-state index in [1.807, 2.05) is 0 Å². The fourth-order valence-electron chi connectivity index (χ4n) is 0.782. The van der Waals surface area contributed by atoms with E-state index >= 15 is 0 Å². The zero-order chi connectivity index (χ0) is 9.73. The SMILES string of the molecule is FC(F)(F)C=C=Cc1ccccc1. The van der Waals surface area contributed by atoms with Crippen molar-refractivity contribution in [3.8, 4) is 0 Å². The van der Waals surface area contributed by atoms with Crippen molar-refractivity contribution >= 4 is 6.08 Å². The summed E-state index contributed by atoms with van der Waals surface area (Å²) in [5, 5.41) is 0. The Morgan fingerprint density at radius 1 is 1.08 bits per heavy atom. The maximum absolute atomic E-state index is 11.6. The third-order valence-electron chi connectivity index (χ3n) is 1.30. The Labute approximate surface area is 74.0 Å². The van der Waals surface area contributed by atoms with Gasteiger partial charge in [-0.2, -0.15) is 13.2 Å². The van der Waals surface area contributed by atoms with Gasteiger partial charge >= 0.3 is 6.18 Å². The maximum atomic E-state index is 11.6. The summed E-state index contributed by atoms with van der Waals surface area (Å²) in [5.41, 5.74) is 2.76. The number of rotatable bonds is 1. The highest BCUT2D eigenvalue weighted by Gasteiger charge is 2.21. The first-order valence-corrected chi connectivity index (χ1v) is 3.63. The summed E-state index contributed by atoms with van der Waals surface area (Å²) in [7, 11) is 0. The zero-order valence-electron chi connectivity index (χ0n) is 6.68. The van der Waals surface area contributed by atoms with Crippen molar-refractivity contribution in [1.82, 2.24) is 0 Å². The molecule has 0 N–H and O–H groups in total. The molecular formula is C10H7F3. The molecule has 0 aromatic heterocycles. The van der Waals surface area contributed by atoms with Crippen LogP contribution < -0.4 is 0 Å². The molecule has 68 valence electrons. The van der Waals surface area contributed by atoms with Crippen molar-refractivity contribution in [3.05, 3.63) is 47.7 Å². The van der Waals surface area contributed by atoms with Crippen LogP contribution in [0.15, 0.2) is 42.1 Å². The molecule has 0 atom stereocenters. The molecule has 1 aromatic carbocycles. The van der Waals surface area contributed by atoms with Crippen LogP contribution in [0.5, 0.6) is 0 Å². The van der Waals surface area contributed by atoms with Crippen LogP contribution >= 0.6 is 0 Å². The standard InChI is InChI=1S/C10H7F3/c11-10(12,13)8-4-7-9-5-2-1-3-6-9/h1-3,5-8H. The van der Waals surface area contributed by atoms with Gasteiger partial charge in [-0.1, -0.05) is 30.3 Å². The Balaban J connectivity index is 2.75. The summed E-state index contributed by atoms with van der Waals surface area (Å²) in [6.45, 7) is 0. The summed E-state index contributed by atoms with van der Waals surface area (Å²) in [6.07, 6.45) is -2.92. The minimum atomic E-state index is -4.29. The second kappa shape index (κ2) is 3.97. The van der Waals surface area contributed by atoms with Gasteiger partial charge in [-0.25, -0.2) is 0 Å². The van der Waals surface area contributed by atoms with Crippen molar-refractivity contribution in [2.24, 2.45) is 0 Å². The highest BCUT2D eigenvalue weighted by Crippen LogP contribution is 2.15. The van der Waals surface area contributed by atoms with Crippen molar-refractivity contribution in [2.75, 3.05) is 0 Å². The van der Waals surface area contributed by atoms with Gasteiger partial charge in [-0.05, 0) is 11.6 Å². The van der Waals surface area contributed by atoms with Gasteiger partial charge in [0.15, 0.2) is 0 Å². The average molecular weight is 184 g/mol. The Bertz CT molecular complexity index is 316. The smallest absolute Gasteiger partial charge is 0.166 e. The number of hydrogen-bond donors (Lipinski definition) is 0. The molecular weight excluding hydrogens is 177 g/mol. The molecule has 0 aliphatic heterocycles. The Kier molecular flexibility index (Phi) is 2.93. The summed E-state index contributed by atoms with van der Waals surface area (Å²) < 4.78 is 34.9. The van der Waals surface area contributed by atoms with Gasteiger partial charge in [0.1, 0.15) is 0 Å². The Morgan fingerprint density at radius 3 is 2.23 bits per heavy atom. The molecule has 0 unspecified atom stereocenters. The molecule has 0 aliphatic rings. The Morgan fingerprint density at radius 2 is 1.69 bits per heavy atom. The van der Waals surface area contributed by atoms with Gasteiger partial charge in [-0.15, -0.1) is 5.73 Å². The molecule has 0 amide bonds. The van der Waals surface area contributed by atoms with Crippen molar-refractivity contribution in [3.63, 3.8) is 0 Å². The lowest BCUT2D eigenvalue weighted by atomic mass is 10.2. The van der Waals surface area contributed by atoms with Crippen LogP contribution in [0.4, 0.5) is 13.2 Å². The van der Waals surface area contributed by atoms with E-state index in [9.17, 15) is 13.2 Å². The number of halogens is 3. The van der Waals surface area contributed by atoms with Gasteiger partial charge in [0.2, 0.25) is 0 Å². The van der Waals surface area contributed by atoms with Crippen LogP contribution in [0.3, 0.4) is 0 Å². The first kappa shape index (κ1) is 9.62. The van der Waals surface area contributed by atoms with Crippen molar-refractivity contribution in [2.45, 2.75) is 6.18 Å². The van der Waals surface area contributed by atoms with E-state index in [0.717, 1.165) is 0 Å². The normalized spacial score (nSPS) is 10.4. The molecule has 0 heterocycles. The second-order valence-electron chi connectivity index (χ2n) is 2.41. The average Bonchev–Trinajstić information content (AvgIpc) is 2.04. The third-order valence-corrected chi connectivity index (χ3v) is 1.30. The van der Waals surface area contributed by atoms with Crippen LogP contribution in [0.1, 0.15) is 5.56 Å². The van der Waals surface area contributed by atoms with Crippen molar-refractivity contribution < 1.29 is 13.2 Å². The van der Waals surface area contributed by atoms with Gasteiger partial charge in [-0.3, -0.25) is 0 Å². The summed E-state index contributed by atoms with van der Waals surface area (Å²) >= 11 is 0. The quantitative estimate of drug-likeness (QED) is 0.586.